The van der Waals surface area contributed by atoms with Gasteiger partial charge in [0, 0.05) is 17.8 Å². The quantitative estimate of drug-likeness (QED) is 0.914. The fourth-order valence-corrected chi connectivity index (χ4v) is 2.45. The summed E-state index contributed by atoms with van der Waals surface area (Å²) < 4.78 is 1.77. The van der Waals surface area contributed by atoms with Crippen LogP contribution in [-0.4, -0.2) is 4.57 Å². The van der Waals surface area contributed by atoms with E-state index in [4.69, 9.17) is 5.73 Å². The molecule has 3 heteroatoms. The van der Waals surface area contributed by atoms with Crippen molar-refractivity contribution in [2.45, 2.75) is 45.7 Å². The number of aryl methyl sites for hydroxylation is 1. The topological polar surface area (TPSA) is 48.0 Å². The van der Waals surface area contributed by atoms with Crippen molar-refractivity contribution in [3.63, 3.8) is 0 Å². The third-order valence-corrected chi connectivity index (χ3v) is 4.15. The minimum Gasteiger partial charge on any atom is -0.320 e. The molecule has 0 bridgehead atoms. The van der Waals surface area contributed by atoms with Crippen LogP contribution in [-0.2, 0) is 6.42 Å². The van der Waals surface area contributed by atoms with Gasteiger partial charge in [0.25, 0.3) is 5.56 Å². The summed E-state index contributed by atoms with van der Waals surface area (Å²) in [5.41, 5.74) is 9.23. The second-order valence-electron chi connectivity index (χ2n) is 5.51. The predicted molar refractivity (Wildman–Crippen MR) is 87.6 cm³/mol. The van der Waals surface area contributed by atoms with Gasteiger partial charge in [-0.1, -0.05) is 44.2 Å². The molecule has 0 saturated carbocycles. The molecule has 1 heterocycles. The molecule has 112 valence electrons. The van der Waals surface area contributed by atoms with E-state index in [0.717, 1.165) is 18.4 Å². The van der Waals surface area contributed by atoms with Gasteiger partial charge in [0.1, 0.15) is 0 Å². The van der Waals surface area contributed by atoms with Crippen LogP contribution < -0.4 is 11.3 Å². The molecule has 0 fully saturated rings. The largest absolute Gasteiger partial charge is 0.320 e. The molecule has 1 aromatic heterocycles. The van der Waals surface area contributed by atoms with Crippen molar-refractivity contribution >= 4 is 0 Å². The van der Waals surface area contributed by atoms with E-state index >= 15 is 0 Å². The molecule has 0 radical (unpaired) electrons. The molecule has 2 rings (SSSR count). The van der Waals surface area contributed by atoms with Crippen molar-refractivity contribution in [1.29, 1.82) is 0 Å². The van der Waals surface area contributed by atoms with Crippen LogP contribution in [0.5, 0.6) is 0 Å². The first kappa shape index (κ1) is 15.5. The van der Waals surface area contributed by atoms with Crippen molar-refractivity contribution in [3.8, 4) is 0 Å². The van der Waals surface area contributed by atoms with E-state index in [-0.39, 0.29) is 17.6 Å². The SMILES string of the molecule is CCc1ccc(C(N)c2cccn(C(C)CC)c2=O)cc1. The zero-order valence-corrected chi connectivity index (χ0v) is 13.0. The van der Waals surface area contributed by atoms with Crippen molar-refractivity contribution in [2.24, 2.45) is 5.73 Å². The molecular weight excluding hydrogens is 260 g/mol. The lowest BCUT2D eigenvalue weighted by molar-refractivity contribution is 0.509. The first-order valence-electron chi connectivity index (χ1n) is 7.63. The highest BCUT2D eigenvalue weighted by molar-refractivity contribution is 5.32. The summed E-state index contributed by atoms with van der Waals surface area (Å²) >= 11 is 0. The standard InChI is InChI=1S/C18H24N2O/c1-4-13(3)20-12-6-7-16(18(20)21)17(19)15-10-8-14(5-2)9-11-15/h6-13,17H,4-5,19H2,1-3H3. The summed E-state index contributed by atoms with van der Waals surface area (Å²) in [6, 6.07) is 11.7. The number of hydrogen-bond donors (Lipinski definition) is 1. The van der Waals surface area contributed by atoms with Crippen LogP contribution >= 0.6 is 0 Å². The molecule has 0 aliphatic heterocycles. The summed E-state index contributed by atoms with van der Waals surface area (Å²) in [5.74, 6) is 0. The Morgan fingerprint density at radius 1 is 1.14 bits per heavy atom. The van der Waals surface area contributed by atoms with Gasteiger partial charge in [0.15, 0.2) is 0 Å². The highest BCUT2D eigenvalue weighted by Crippen LogP contribution is 2.18. The van der Waals surface area contributed by atoms with Crippen LogP contribution in [0.3, 0.4) is 0 Å². The molecule has 0 saturated heterocycles. The normalized spacial score (nSPS) is 13.9. The smallest absolute Gasteiger partial charge is 0.255 e. The van der Waals surface area contributed by atoms with Gasteiger partial charge in [0.2, 0.25) is 0 Å². The van der Waals surface area contributed by atoms with E-state index in [1.54, 1.807) is 4.57 Å². The van der Waals surface area contributed by atoms with Gasteiger partial charge < -0.3 is 10.3 Å². The summed E-state index contributed by atoms with van der Waals surface area (Å²) in [4.78, 5) is 12.6. The zero-order chi connectivity index (χ0) is 15.4. The van der Waals surface area contributed by atoms with Crippen molar-refractivity contribution in [1.82, 2.24) is 4.57 Å². The molecule has 2 N–H and O–H groups in total. The maximum absolute atomic E-state index is 12.6. The summed E-state index contributed by atoms with van der Waals surface area (Å²) in [5, 5.41) is 0. The fourth-order valence-electron chi connectivity index (χ4n) is 2.45. The van der Waals surface area contributed by atoms with Gasteiger partial charge in [-0.15, -0.1) is 0 Å². The Labute approximate surface area is 126 Å². The number of hydrogen-bond acceptors (Lipinski definition) is 2. The van der Waals surface area contributed by atoms with E-state index in [2.05, 4.69) is 26.0 Å². The maximum atomic E-state index is 12.6. The van der Waals surface area contributed by atoms with E-state index < -0.39 is 0 Å². The molecule has 0 amide bonds. The van der Waals surface area contributed by atoms with Crippen LogP contribution in [0.2, 0.25) is 0 Å². The van der Waals surface area contributed by atoms with Gasteiger partial charge in [-0.3, -0.25) is 4.79 Å². The molecule has 2 aromatic rings. The number of aromatic nitrogens is 1. The predicted octanol–water partition coefficient (Wildman–Crippen LogP) is 3.43. The third-order valence-electron chi connectivity index (χ3n) is 4.15. The van der Waals surface area contributed by atoms with Gasteiger partial charge in [-0.2, -0.15) is 0 Å². The lowest BCUT2D eigenvalue weighted by Crippen LogP contribution is -2.29. The van der Waals surface area contributed by atoms with E-state index in [1.165, 1.54) is 5.56 Å². The lowest BCUT2D eigenvalue weighted by atomic mass is 9.99. The number of nitrogens with zero attached hydrogens (tertiary/aromatic N) is 1. The first-order chi connectivity index (χ1) is 10.1. The molecule has 2 unspecified atom stereocenters. The minimum atomic E-state index is -0.375. The minimum absolute atomic E-state index is 0.0129. The molecule has 0 aliphatic carbocycles. The molecule has 1 aromatic carbocycles. The van der Waals surface area contributed by atoms with Crippen molar-refractivity contribution in [3.05, 3.63) is 69.6 Å². The van der Waals surface area contributed by atoms with Crippen molar-refractivity contribution in [2.75, 3.05) is 0 Å². The Morgan fingerprint density at radius 2 is 1.81 bits per heavy atom. The summed E-state index contributed by atoms with van der Waals surface area (Å²) in [7, 11) is 0. The molecule has 2 atom stereocenters. The van der Waals surface area contributed by atoms with Crippen LogP contribution in [0, 0.1) is 0 Å². The summed E-state index contributed by atoms with van der Waals surface area (Å²) in [6.45, 7) is 6.25. The maximum Gasteiger partial charge on any atom is 0.255 e. The number of pyridine rings is 1. The Morgan fingerprint density at radius 3 is 2.38 bits per heavy atom. The molecule has 3 nitrogen and oxygen atoms in total. The number of benzene rings is 1. The second-order valence-corrected chi connectivity index (χ2v) is 5.51. The van der Waals surface area contributed by atoms with Crippen LogP contribution in [0.1, 0.15) is 56.0 Å². The molecule has 0 aliphatic rings. The van der Waals surface area contributed by atoms with Gasteiger partial charge in [-0.25, -0.2) is 0 Å². The number of nitrogens with two attached hydrogens (primary N) is 1. The van der Waals surface area contributed by atoms with Crippen LogP contribution in [0.15, 0.2) is 47.4 Å². The van der Waals surface area contributed by atoms with Crippen LogP contribution in [0.4, 0.5) is 0 Å². The monoisotopic (exact) mass is 284 g/mol. The highest BCUT2D eigenvalue weighted by Gasteiger charge is 2.15. The fraction of sp³-hybridized carbons (Fsp3) is 0.389. The molecule has 0 spiro atoms. The zero-order valence-electron chi connectivity index (χ0n) is 13.0. The van der Waals surface area contributed by atoms with Gasteiger partial charge in [0.05, 0.1) is 6.04 Å². The Balaban J connectivity index is 2.38. The summed E-state index contributed by atoms with van der Waals surface area (Å²) in [6.07, 6.45) is 3.76. The van der Waals surface area contributed by atoms with Crippen molar-refractivity contribution < 1.29 is 0 Å². The van der Waals surface area contributed by atoms with E-state index in [1.807, 2.05) is 37.4 Å². The third kappa shape index (κ3) is 3.24. The van der Waals surface area contributed by atoms with E-state index in [9.17, 15) is 4.79 Å². The average Bonchev–Trinajstić information content (AvgIpc) is 2.54. The van der Waals surface area contributed by atoms with Gasteiger partial charge >= 0.3 is 0 Å². The van der Waals surface area contributed by atoms with E-state index in [0.29, 0.717) is 5.56 Å². The number of rotatable bonds is 5. The Kier molecular flexibility index (Phi) is 4.97. The second kappa shape index (κ2) is 6.72. The molecular formula is C18H24N2O. The lowest BCUT2D eigenvalue weighted by Gasteiger charge is -2.17. The first-order valence-corrected chi connectivity index (χ1v) is 7.63. The Hall–Kier alpha value is -1.87. The van der Waals surface area contributed by atoms with Gasteiger partial charge in [-0.05, 0) is 37.0 Å². The van der Waals surface area contributed by atoms with Crippen LogP contribution in [0.25, 0.3) is 0 Å². The highest BCUT2D eigenvalue weighted by atomic mass is 16.1. The average molecular weight is 284 g/mol. The Bertz CT molecular complexity index is 643. The molecule has 21 heavy (non-hydrogen) atoms.